The van der Waals surface area contributed by atoms with E-state index in [2.05, 4.69) is 10.4 Å². The van der Waals surface area contributed by atoms with Gasteiger partial charge in [-0.25, -0.2) is 4.79 Å². The van der Waals surface area contributed by atoms with Gasteiger partial charge in [-0.15, -0.1) is 0 Å². The van der Waals surface area contributed by atoms with Gasteiger partial charge in [0, 0.05) is 24.0 Å². The number of carbonyl (C=O) groups is 2. The minimum Gasteiger partial charge on any atom is -0.465 e. The zero-order valence-corrected chi connectivity index (χ0v) is 14.0. The fraction of sp³-hybridized carbons (Fsp3) is 0.211. The molecule has 2 N–H and O–H groups in total. The van der Waals surface area contributed by atoms with Crippen molar-refractivity contribution in [1.29, 1.82) is 0 Å². The van der Waals surface area contributed by atoms with Crippen LogP contribution in [0.5, 0.6) is 0 Å². The predicted octanol–water partition coefficient (Wildman–Crippen LogP) is 2.46. The molecule has 1 saturated heterocycles. The maximum absolute atomic E-state index is 12.3. The van der Waals surface area contributed by atoms with Crippen LogP contribution in [0.25, 0.3) is 10.9 Å². The molecule has 1 unspecified atom stereocenters. The molecule has 0 saturated carbocycles. The molecule has 1 aromatic heterocycles. The fourth-order valence-electron chi connectivity index (χ4n) is 3.34. The number of rotatable bonds is 4. The number of nitrogens with one attached hydrogen (secondary N) is 1. The molecule has 2 amide bonds. The Bertz CT molecular complexity index is 967. The molecular weight excluding hydrogens is 332 g/mol. The van der Waals surface area contributed by atoms with Crippen LogP contribution >= 0.6 is 0 Å². The first kappa shape index (κ1) is 16.1. The Morgan fingerprint density at radius 1 is 1.23 bits per heavy atom. The molecule has 7 nitrogen and oxygen atoms in total. The molecule has 4 rings (SSSR count). The Kier molecular flexibility index (Phi) is 4.04. The second-order valence-electron chi connectivity index (χ2n) is 6.39. The van der Waals surface area contributed by atoms with E-state index in [0.29, 0.717) is 13.1 Å². The van der Waals surface area contributed by atoms with Crippen molar-refractivity contribution in [2.45, 2.75) is 19.0 Å². The molecule has 2 heterocycles. The van der Waals surface area contributed by atoms with Crippen LogP contribution in [0.2, 0.25) is 0 Å². The van der Waals surface area contributed by atoms with Crippen molar-refractivity contribution in [3.63, 3.8) is 0 Å². The third kappa shape index (κ3) is 3.11. The molecule has 1 aliphatic rings. The van der Waals surface area contributed by atoms with E-state index in [1.54, 1.807) is 4.90 Å². The predicted molar refractivity (Wildman–Crippen MR) is 97.2 cm³/mol. The van der Waals surface area contributed by atoms with Gasteiger partial charge in [-0.1, -0.05) is 30.3 Å². The number of hydrogen-bond donors (Lipinski definition) is 2. The number of carbonyl (C=O) groups excluding carboxylic acids is 1. The van der Waals surface area contributed by atoms with Crippen molar-refractivity contribution in [1.82, 2.24) is 15.1 Å². The zero-order chi connectivity index (χ0) is 18.1. The molecule has 0 spiro atoms. The minimum atomic E-state index is -1.11. The van der Waals surface area contributed by atoms with Crippen LogP contribution in [-0.4, -0.2) is 39.5 Å². The lowest BCUT2D eigenvalue weighted by Gasteiger charge is -2.17. The Hall–Kier alpha value is -3.35. The summed E-state index contributed by atoms with van der Waals surface area (Å²) in [5.41, 5.74) is 2.84. The fourth-order valence-corrected chi connectivity index (χ4v) is 3.34. The summed E-state index contributed by atoms with van der Waals surface area (Å²) in [6.45, 7) is 0.981. The Morgan fingerprint density at radius 2 is 2.04 bits per heavy atom. The molecule has 26 heavy (non-hydrogen) atoms. The Morgan fingerprint density at radius 3 is 2.81 bits per heavy atom. The van der Waals surface area contributed by atoms with Crippen molar-refractivity contribution in [3.8, 4) is 0 Å². The average molecular weight is 350 g/mol. The zero-order valence-electron chi connectivity index (χ0n) is 14.0. The van der Waals surface area contributed by atoms with E-state index in [0.717, 1.165) is 22.2 Å². The molecule has 2 aromatic carbocycles. The van der Waals surface area contributed by atoms with Crippen LogP contribution < -0.4 is 10.2 Å². The van der Waals surface area contributed by atoms with Crippen molar-refractivity contribution in [2.75, 3.05) is 11.4 Å². The molecule has 1 fully saturated rings. The average Bonchev–Trinajstić information content (AvgIpc) is 3.18. The standard InChI is InChI=1S/C19H18N4O3/c24-18-8-15(21-19(25)26)12-22(18)16-7-6-14-10-20-23(17(14)9-16)11-13-4-2-1-3-5-13/h1-7,9-10,15,21H,8,11-12H2,(H,25,26). The highest BCUT2D eigenvalue weighted by Gasteiger charge is 2.31. The summed E-state index contributed by atoms with van der Waals surface area (Å²) in [4.78, 5) is 24.7. The van der Waals surface area contributed by atoms with Gasteiger partial charge in [-0.3, -0.25) is 9.48 Å². The summed E-state index contributed by atoms with van der Waals surface area (Å²) in [5.74, 6) is -0.0859. The van der Waals surface area contributed by atoms with Gasteiger partial charge < -0.3 is 15.3 Å². The third-order valence-corrected chi connectivity index (χ3v) is 4.57. The summed E-state index contributed by atoms with van der Waals surface area (Å²) >= 11 is 0. The van der Waals surface area contributed by atoms with E-state index in [1.165, 1.54) is 0 Å². The lowest BCUT2D eigenvalue weighted by Crippen LogP contribution is -2.36. The summed E-state index contributed by atoms with van der Waals surface area (Å²) in [6.07, 6.45) is 0.872. The highest BCUT2D eigenvalue weighted by atomic mass is 16.4. The van der Waals surface area contributed by atoms with Crippen LogP contribution in [0.3, 0.4) is 0 Å². The van der Waals surface area contributed by atoms with Gasteiger partial charge in [0.2, 0.25) is 5.91 Å². The molecular formula is C19H18N4O3. The normalized spacial score (nSPS) is 17.0. The number of hydrogen-bond acceptors (Lipinski definition) is 3. The number of carboxylic acid groups (broad SMARTS) is 1. The maximum Gasteiger partial charge on any atom is 0.404 e. The number of nitrogens with zero attached hydrogens (tertiary/aromatic N) is 3. The first-order chi connectivity index (χ1) is 12.6. The van der Waals surface area contributed by atoms with Crippen molar-refractivity contribution < 1.29 is 14.7 Å². The van der Waals surface area contributed by atoms with Crippen molar-refractivity contribution in [3.05, 3.63) is 60.3 Å². The van der Waals surface area contributed by atoms with E-state index in [-0.39, 0.29) is 18.4 Å². The molecule has 3 aromatic rings. The topological polar surface area (TPSA) is 87.5 Å². The van der Waals surface area contributed by atoms with Crippen molar-refractivity contribution in [2.24, 2.45) is 0 Å². The first-order valence-corrected chi connectivity index (χ1v) is 8.39. The van der Waals surface area contributed by atoms with E-state index < -0.39 is 6.09 Å². The van der Waals surface area contributed by atoms with Gasteiger partial charge >= 0.3 is 6.09 Å². The number of amides is 2. The Balaban J connectivity index is 1.62. The smallest absolute Gasteiger partial charge is 0.404 e. The number of fused-ring (bicyclic) bond motifs is 1. The maximum atomic E-state index is 12.3. The summed E-state index contributed by atoms with van der Waals surface area (Å²) in [5, 5.41) is 16.7. The number of anilines is 1. The van der Waals surface area contributed by atoms with Gasteiger partial charge in [0.25, 0.3) is 0 Å². The van der Waals surface area contributed by atoms with Crippen LogP contribution in [0.4, 0.5) is 10.5 Å². The molecule has 0 radical (unpaired) electrons. The third-order valence-electron chi connectivity index (χ3n) is 4.57. The first-order valence-electron chi connectivity index (χ1n) is 8.39. The highest BCUT2D eigenvalue weighted by Crippen LogP contribution is 2.26. The largest absolute Gasteiger partial charge is 0.465 e. The second-order valence-corrected chi connectivity index (χ2v) is 6.39. The molecule has 132 valence electrons. The van der Waals surface area contributed by atoms with Crippen molar-refractivity contribution >= 4 is 28.6 Å². The quantitative estimate of drug-likeness (QED) is 0.757. The SMILES string of the molecule is O=C(O)NC1CC(=O)N(c2ccc3cnn(Cc4ccccc4)c3c2)C1. The minimum absolute atomic E-state index is 0.0859. The molecule has 1 atom stereocenters. The summed E-state index contributed by atoms with van der Waals surface area (Å²) in [6, 6.07) is 15.4. The Labute approximate surface area is 149 Å². The summed E-state index contributed by atoms with van der Waals surface area (Å²) < 4.78 is 1.90. The highest BCUT2D eigenvalue weighted by molar-refractivity contribution is 5.98. The van der Waals surface area contributed by atoms with Crippen LogP contribution in [0.15, 0.2) is 54.7 Å². The van der Waals surface area contributed by atoms with E-state index in [1.807, 2.05) is 59.4 Å². The van der Waals surface area contributed by atoms with Crippen LogP contribution in [0, 0.1) is 0 Å². The summed E-state index contributed by atoms with van der Waals surface area (Å²) in [7, 11) is 0. The second kappa shape index (κ2) is 6.51. The van der Waals surface area contributed by atoms with Gasteiger partial charge in [0.05, 0.1) is 24.3 Å². The van der Waals surface area contributed by atoms with Gasteiger partial charge in [-0.05, 0) is 23.8 Å². The molecule has 7 heteroatoms. The van der Waals surface area contributed by atoms with Gasteiger partial charge in [-0.2, -0.15) is 5.10 Å². The van der Waals surface area contributed by atoms with Crippen LogP contribution in [-0.2, 0) is 11.3 Å². The molecule has 1 aliphatic heterocycles. The van der Waals surface area contributed by atoms with Crippen LogP contribution in [0.1, 0.15) is 12.0 Å². The lowest BCUT2D eigenvalue weighted by molar-refractivity contribution is -0.117. The van der Waals surface area contributed by atoms with Gasteiger partial charge in [0.15, 0.2) is 0 Å². The monoisotopic (exact) mass is 350 g/mol. The van der Waals surface area contributed by atoms with Gasteiger partial charge in [0.1, 0.15) is 0 Å². The van der Waals surface area contributed by atoms with E-state index in [4.69, 9.17) is 5.11 Å². The molecule has 0 aliphatic carbocycles. The number of aromatic nitrogens is 2. The molecule has 0 bridgehead atoms. The van der Waals surface area contributed by atoms with E-state index in [9.17, 15) is 9.59 Å². The lowest BCUT2D eigenvalue weighted by atomic mass is 10.2. The number of benzene rings is 2. The van der Waals surface area contributed by atoms with E-state index >= 15 is 0 Å².